The van der Waals surface area contributed by atoms with Crippen LogP contribution in [0.2, 0.25) is 0 Å². The summed E-state index contributed by atoms with van der Waals surface area (Å²) in [5, 5.41) is 15.0. The fourth-order valence-corrected chi connectivity index (χ4v) is 3.78. The molecule has 3 rings (SSSR count). The predicted molar refractivity (Wildman–Crippen MR) is 110 cm³/mol. The molecule has 0 saturated heterocycles. The van der Waals surface area contributed by atoms with E-state index in [1.807, 2.05) is 37.3 Å². The minimum absolute atomic E-state index is 0.230. The van der Waals surface area contributed by atoms with Gasteiger partial charge in [0.05, 0.1) is 26.5 Å². The molecule has 0 bridgehead atoms. The highest BCUT2D eigenvalue weighted by molar-refractivity contribution is 7.16. The zero-order valence-electron chi connectivity index (χ0n) is 16.4. The van der Waals surface area contributed by atoms with Crippen molar-refractivity contribution in [2.45, 2.75) is 13.3 Å². The second-order valence-electron chi connectivity index (χ2n) is 5.99. The highest BCUT2D eigenvalue weighted by atomic mass is 32.1. The second-order valence-corrected chi connectivity index (χ2v) is 7.08. The van der Waals surface area contributed by atoms with E-state index in [0.29, 0.717) is 33.8 Å². The van der Waals surface area contributed by atoms with E-state index in [1.54, 1.807) is 26.4 Å². The van der Waals surface area contributed by atoms with Crippen LogP contribution >= 0.6 is 11.3 Å². The second kappa shape index (κ2) is 9.29. The van der Waals surface area contributed by atoms with Crippen molar-refractivity contribution in [3.05, 3.63) is 47.3 Å². The largest absolute Gasteiger partial charge is 0.550 e. The molecule has 2 aromatic carbocycles. The normalized spacial score (nSPS) is 10.4. The third-order valence-electron chi connectivity index (χ3n) is 4.08. The first-order chi connectivity index (χ1) is 14.0. The van der Waals surface area contributed by atoms with Crippen LogP contribution in [-0.2, 0) is 11.2 Å². The molecule has 0 aliphatic rings. The number of aliphatic carboxylic acids is 1. The molecule has 0 aliphatic carbocycles. The van der Waals surface area contributed by atoms with Crippen LogP contribution in [0.1, 0.15) is 11.8 Å². The van der Waals surface area contributed by atoms with E-state index in [2.05, 4.69) is 10.3 Å². The first-order valence-electron chi connectivity index (χ1n) is 8.95. The lowest BCUT2D eigenvalue weighted by Gasteiger charge is -2.09. The standard InChI is InChI=1S/C21H22N2O5S/c1-4-28-15-8-6-14(7-9-15)22-21-23-20(18(29-21)12-19(24)25)13-5-10-16(26-2)17(11-13)27-3/h5-11H,4,12H2,1-3H3,(H,22,23)(H,24,25)/p-1. The van der Waals surface area contributed by atoms with Crippen LogP contribution in [0, 0.1) is 0 Å². The lowest BCUT2D eigenvalue weighted by atomic mass is 10.1. The molecule has 1 heterocycles. The Morgan fingerprint density at radius 1 is 1.10 bits per heavy atom. The van der Waals surface area contributed by atoms with Crippen molar-refractivity contribution in [2.75, 3.05) is 26.1 Å². The van der Waals surface area contributed by atoms with Gasteiger partial charge in [-0.25, -0.2) is 4.98 Å². The smallest absolute Gasteiger partial charge is 0.187 e. The maximum Gasteiger partial charge on any atom is 0.187 e. The Labute approximate surface area is 172 Å². The maximum absolute atomic E-state index is 11.2. The fraction of sp³-hybridized carbons (Fsp3) is 0.238. The first-order valence-corrected chi connectivity index (χ1v) is 9.77. The number of thiazole rings is 1. The monoisotopic (exact) mass is 413 g/mol. The van der Waals surface area contributed by atoms with Crippen molar-refractivity contribution >= 4 is 28.1 Å². The molecule has 0 unspecified atom stereocenters. The summed E-state index contributed by atoms with van der Waals surface area (Å²) in [5.74, 6) is 0.739. The summed E-state index contributed by atoms with van der Waals surface area (Å²) in [7, 11) is 3.10. The number of anilines is 2. The Bertz CT molecular complexity index is 985. The summed E-state index contributed by atoms with van der Waals surface area (Å²) >= 11 is 1.27. The molecule has 1 aromatic heterocycles. The van der Waals surface area contributed by atoms with Crippen LogP contribution in [0.5, 0.6) is 17.2 Å². The summed E-state index contributed by atoms with van der Waals surface area (Å²) in [4.78, 5) is 16.4. The predicted octanol–water partition coefficient (Wildman–Crippen LogP) is 3.26. The molecular weight excluding hydrogens is 392 g/mol. The number of carbonyl (C=O) groups excluding carboxylic acids is 1. The molecule has 152 valence electrons. The number of nitrogens with one attached hydrogen (secondary N) is 1. The molecule has 0 radical (unpaired) electrons. The Hall–Kier alpha value is -3.26. The molecular formula is C21H21N2O5S-. The number of methoxy groups -OCH3 is 2. The number of nitrogens with zero attached hydrogens (tertiary/aromatic N) is 1. The van der Waals surface area contributed by atoms with Gasteiger partial charge in [0.15, 0.2) is 16.6 Å². The third-order valence-corrected chi connectivity index (χ3v) is 5.05. The number of hydrogen-bond donors (Lipinski definition) is 1. The number of aromatic nitrogens is 1. The van der Waals surface area contributed by atoms with E-state index in [4.69, 9.17) is 14.2 Å². The average molecular weight is 413 g/mol. The van der Waals surface area contributed by atoms with E-state index in [0.717, 1.165) is 17.0 Å². The summed E-state index contributed by atoms with van der Waals surface area (Å²) in [5.41, 5.74) is 2.12. The molecule has 29 heavy (non-hydrogen) atoms. The van der Waals surface area contributed by atoms with Crippen molar-refractivity contribution < 1.29 is 24.1 Å². The van der Waals surface area contributed by atoms with Crippen LogP contribution in [-0.4, -0.2) is 31.8 Å². The van der Waals surface area contributed by atoms with E-state index in [-0.39, 0.29) is 6.42 Å². The van der Waals surface area contributed by atoms with Crippen molar-refractivity contribution in [2.24, 2.45) is 0 Å². The van der Waals surface area contributed by atoms with Gasteiger partial charge < -0.3 is 29.4 Å². The summed E-state index contributed by atoms with van der Waals surface area (Å²) in [6, 6.07) is 12.8. The summed E-state index contributed by atoms with van der Waals surface area (Å²) < 4.78 is 16.1. The van der Waals surface area contributed by atoms with Gasteiger partial charge in [0.1, 0.15) is 5.75 Å². The third kappa shape index (κ3) is 4.97. The van der Waals surface area contributed by atoms with Crippen LogP contribution in [0.4, 0.5) is 10.8 Å². The minimum Gasteiger partial charge on any atom is -0.550 e. The molecule has 0 aliphatic heterocycles. The van der Waals surface area contributed by atoms with Gasteiger partial charge in [0, 0.05) is 28.5 Å². The van der Waals surface area contributed by atoms with Crippen molar-refractivity contribution in [1.82, 2.24) is 4.98 Å². The highest BCUT2D eigenvalue weighted by Crippen LogP contribution is 2.37. The van der Waals surface area contributed by atoms with Crippen molar-refractivity contribution in [3.8, 4) is 28.5 Å². The van der Waals surface area contributed by atoms with Gasteiger partial charge in [-0.3, -0.25) is 0 Å². The summed E-state index contributed by atoms with van der Waals surface area (Å²) in [6.45, 7) is 2.52. The molecule has 0 atom stereocenters. The number of hydrogen-bond acceptors (Lipinski definition) is 8. The van der Waals surface area contributed by atoms with E-state index in [9.17, 15) is 9.90 Å². The zero-order valence-corrected chi connectivity index (χ0v) is 17.2. The van der Waals surface area contributed by atoms with Gasteiger partial charge in [0.25, 0.3) is 0 Å². The number of carboxylic acid groups (broad SMARTS) is 1. The molecule has 0 spiro atoms. The number of benzene rings is 2. The number of rotatable bonds is 9. The number of carbonyl (C=O) groups is 1. The van der Waals surface area contributed by atoms with E-state index < -0.39 is 5.97 Å². The number of ether oxygens (including phenoxy) is 3. The Morgan fingerprint density at radius 2 is 1.83 bits per heavy atom. The van der Waals surface area contributed by atoms with Crippen LogP contribution in [0.3, 0.4) is 0 Å². The van der Waals surface area contributed by atoms with Gasteiger partial charge >= 0.3 is 0 Å². The van der Waals surface area contributed by atoms with Gasteiger partial charge in [-0.1, -0.05) is 0 Å². The first kappa shape index (κ1) is 20.5. The Morgan fingerprint density at radius 3 is 2.45 bits per heavy atom. The van der Waals surface area contributed by atoms with Crippen molar-refractivity contribution in [1.29, 1.82) is 0 Å². The molecule has 8 heteroatoms. The van der Waals surface area contributed by atoms with Crippen LogP contribution in [0.25, 0.3) is 11.3 Å². The lowest BCUT2D eigenvalue weighted by molar-refractivity contribution is -0.304. The Kier molecular flexibility index (Phi) is 6.56. The van der Waals surface area contributed by atoms with Gasteiger partial charge in [0.2, 0.25) is 0 Å². The molecule has 0 fully saturated rings. The molecule has 0 amide bonds. The van der Waals surface area contributed by atoms with Crippen LogP contribution in [0.15, 0.2) is 42.5 Å². The maximum atomic E-state index is 11.2. The van der Waals surface area contributed by atoms with Crippen molar-refractivity contribution in [3.63, 3.8) is 0 Å². The summed E-state index contributed by atoms with van der Waals surface area (Å²) in [6.07, 6.45) is -0.230. The quantitative estimate of drug-likeness (QED) is 0.575. The SMILES string of the molecule is CCOc1ccc(Nc2nc(-c3ccc(OC)c(OC)c3)c(CC(=O)[O-])s2)cc1. The average Bonchev–Trinajstić information content (AvgIpc) is 3.10. The highest BCUT2D eigenvalue weighted by Gasteiger charge is 2.16. The zero-order chi connectivity index (χ0) is 20.8. The molecule has 1 N–H and O–H groups in total. The van der Waals surface area contributed by atoms with Gasteiger partial charge in [-0.05, 0) is 49.4 Å². The van der Waals surface area contributed by atoms with Gasteiger partial charge in [-0.15, -0.1) is 11.3 Å². The Balaban J connectivity index is 1.93. The molecule has 7 nitrogen and oxygen atoms in total. The minimum atomic E-state index is -1.16. The topological polar surface area (TPSA) is 92.7 Å². The van der Waals surface area contributed by atoms with E-state index in [1.165, 1.54) is 11.3 Å². The van der Waals surface area contributed by atoms with Gasteiger partial charge in [-0.2, -0.15) is 0 Å². The molecule has 3 aromatic rings. The lowest BCUT2D eigenvalue weighted by Crippen LogP contribution is -2.24. The number of carboxylic acids is 1. The van der Waals surface area contributed by atoms with Crippen LogP contribution < -0.4 is 24.6 Å². The van der Waals surface area contributed by atoms with E-state index >= 15 is 0 Å². The fourth-order valence-electron chi connectivity index (χ4n) is 2.79. The molecule has 0 saturated carbocycles.